The van der Waals surface area contributed by atoms with E-state index < -0.39 is 6.10 Å². The lowest BCUT2D eigenvalue weighted by molar-refractivity contribution is -0.0313. The zero-order valence-corrected chi connectivity index (χ0v) is 13.3. The van der Waals surface area contributed by atoms with Crippen LogP contribution in [0.25, 0.3) is 22.6 Å². The van der Waals surface area contributed by atoms with Crippen LogP contribution in [-0.4, -0.2) is 28.3 Å². The molecule has 1 aromatic heterocycles. The molecule has 1 aliphatic carbocycles. The Morgan fingerprint density at radius 1 is 1.12 bits per heavy atom. The van der Waals surface area contributed by atoms with Crippen LogP contribution in [0.1, 0.15) is 18.4 Å². The highest BCUT2D eigenvalue weighted by molar-refractivity contribution is 5.75. The fourth-order valence-corrected chi connectivity index (χ4v) is 3.10. The number of aliphatic hydroxyl groups is 1. The van der Waals surface area contributed by atoms with E-state index in [0.717, 1.165) is 35.1 Å². The van der Waals surface area contributed by atoms with Gasteiger partial charge in [0, 0.05) is 11.6 Å². The van der Waals surface area contributed by atoms with Crippen LogP contribution in [0.3, 0.4) is 0 Å². The van der Waals surface area contributed by atoms with E-state index in [1.165, 1.54) is 0 Å². The number of rotatable bonds is 4. The van der Waals surface area contributed by atoms with Gasteiger partial charge in [-0.2, -0.15) is 0 Å². The van der Waals surface area contributed by atoms with Crippen molar-refractivity contribution in [3.8, 4) is 11.5 Å². The predicted octanol–water partition coefficient (Wildman–Crippen LogP) is 2.86. The van der Waals surface area contributed by atoms with Crippen LogP contribution < -0.4 is 5.73 Å². The van der Waals surface area contributed by atoms with Crippen LogP contribution in [-0.2, 0) is 11.3 Å². The van der Waals surface area contributed by atoms with E-state index >= 15 is 0 Å². The highest BCUT2D eigenvalue weighted by Gasteiger charge is 2.32. The van der Waals surface area contributed by atoms with Crippen molar-refractivity contribution < 1.29 is 14.3 Å². The van der Waals surface area contributed by atoms with Gasteiger partial charge in [0.05, 0.1) is 18.8 Å². The van der Waals surface area contributed by atoms with Gasteiger partial charge in [-0.15, -0.1) is 0 Å². The molecule has 3 atom stereocenters. The van der Waals surface area contributed by atoms with Crippen molar-refractivity contribution >= 4 is 11.1 Å². The molecule has 0 spiro atoms. The Morgan fingerprint density at radius 2 is 1.92 bits per heavy atom. The van der Waals surface area contributed by atoms with Crippen molar-refractivity contribution in [1.82, 2.24) is 4.98 Å². The lowest BCUT2D eigenvalue weighted by Crippen LogP contribution is -2.36. The van der Waals surface area contributed by atoms with E-state index in [1.54, 1.807) is 0 Å². The third kappa shape index (κ3) is 2.94. The molecule has 124 valence electrons. The van der Waals surface area contributed by atoms with Gasteiger partial charge in [-0.05, 0) is 42.7 Å². The molecule has 5 heteroatoms. The molecule has 3 aromatic rings. The Morgan fingerprint density at radius 3 is 2.62 bits per heavy atom. The summed E-state index contributed by atoms with van der Waals surface area (Å²) in [4.78, 5) is 4.50. The second-order valence-corrected chi connectivity index (χ2v) is 6.26. The maximum absolute atomic E-state index is 9.93. The third-order valence-electron chi connectivity index (χ3n) is 4.56. The normalized spacial score (nSPS) is 23.8. The number of ether oxygens (including phenoxy) is 1. The summed E-state index contributed by atoms with van der Waals surface area (Å²) in [6.07, 6.45) is 0.881. The van der Waals surface area contributed by atoms with Crippen molar-refractivity contribution in [2.24, 2.45) is 5.73 Å². The minimum absolute atomic E-state index is 0.170. The number of oxazole rings is 1. The molecular weight excluding hydrogens is 304 g/mol. The first-order valence-electron chi connectivity index (χ1n) is 8.21. The number of nitrogens with zero attached hydrogens (tertiary/aromatic N) is 1. The van der Waals surface area contributed by atoms with Crippen molar-refractivity contribution in [3.63, 3.8) is 0 Å². The summed E-state index contributed by atoms with van der Waals surface area (Å²) in [5.41, 5.74) is 9.42. The molecule has 1 aliphatic rings. The summed E-state index contributed by atoms with van der Waals surface area (Å²) in [5, 5.41) is 9.93. The zero-order valence-electron chi connectivity index (χ0n) is 13.3. The highest BCUT2D eigenvalue weighted by atomic mass is 16.5. The average Bonchev–Trinajstić information content (AvgIpc) is 3.18. The summed E-state index contributed by atoms with van der Waals surface area (Å²) in [5.74, 6) is 0.612. The first-order chi connectivity index (χ1) is 11.7. The molecule has 1 heterocycles. The molecule has 24 heavy (non-hydrogen) atoms. The highest BCUT2D eigenvalue weighted by Crippen LogP contribution is 2.25. The Labute approximate surface area is 140 Å². The Kier molecular flexibility index (Phi) is 4.06. The molecule has 0 bridgehead atoms. The summed E-state index contributed by atoms with van der Waals surface area (Å²) in [7, 11) is 0. The largest absolute Gasteiger partial charge is 0.436 e. The molecule has 4 rings (SSSR count). The molecule has 5 nitrogen and oxygen atoms in total. The quantitative estimate of drug-likeness (QED) is 0.771. The van der Waals surface area contributed by atoms with Gasteiger partial charge in [0.2, 0.25) is 5.89 Å². The summed E-state index contributed by atoms with van der Waals surface area (Å²) in [6, 6.07) is 15.5. The lowest BCUT2D eigenvalue weighted by atomic mass is 10.1. The van der Waals surface area contributed by atoms with Crippen LogP contribution in [0.15, 0.2) is 52.9 Å². The fraction of sp³-hybridized carbons (Fsp3) is 0.316. The standard InChI is InChI=1S/C19H20N2O3/c20-14-9-10-17(18(14)22)23-11-12-5-7-13(8-6-12)19-21-15-3-1-2-4-16(15)24-19/h1-8,14,17-18,22H,9-11,20H2/t14-,17-,18+/m1/s1. The Balaban J connectivity index is 1.44. The maximum atomic E-state index is 9.93. The number of aromatic nitrogens is 1. The number of benzene rings is 2. The molecule has 1 saturated carbocycles. The molecule has 0 amide bonds. The van der Waals surface area contributed by atoms with E-state index in [4.69, 9.17) is 14.9 Å². The van der Waals surface area contributed by atoms with Crippen molar-refractivity contribution in [2.45, 2.75) is 37.7 Å². The van der Waals surface area contributed by atoms with Crippen LogP contribution in [0.4, 0.5) is 0 Å². The number of aliphatic hydroxyl groups excluding tert-OH is 1. The number of hydrogen-bond donors (Lipinski definition) is 2. The number of fused-ring (bicyclic) bond motifs is 1. The van der Waals surface area contributed by atoms with Gasteiger partial charge in [0.25, 0.3) is 0 Å². The average molecular weight is 324 g/mol. The Bertz CT molecular complexity index is 795. The molecule has 1 fully saturated rings. The number of nitrogens with two attached hydrogens (primary N) is 1. The lowest BCUT2D eigenvalue weighted by Gasteiger charge is -2.17. The van der Waals surface area contributed by atoms with E-state index in [1.807, 2.05) is 48.5 Å². The molecule has 0 unspecified atom stereocenters. The van der Waals surface area contributed by atoms with Gasteiger partial charge < -0.3 is 20.0 Å². The molecule has 3 N–H and O–H groups in total. The topological polar surface area (TPSA) is 81.5 Å². The van der Waals surface area contributed by atoms with Crippen molar-refractivity contribution in [2.75, 3.05) is 0 Å². The minimum Gasteiger partial charge on any atom is -0.436 e. The molecular formula is C19H20N2O3. The van der Waals surface area contributed by atoms with Crippen LogP contribution >= 0.6 is 0 Å². The summed E-state index contributed by atoms with van der Waals surface area (Å²) < 4.78 is 11.6. The smallest absolute Gasteiger partial charge is 0.227 e. The van der Waals surface area contributed by atoms with Gasteiger partial charge in [-0.3, -0.25) is 0 Å². The van der Waals surface area contributed by atoms with E-state index in [2.05, 4.69) is 4.98 Å². The van der Waals surface area contributed by atoms with Crippen LogP contribution in [0.2, 0.25) is 0 Å². The maximum Gasteiger partial charge on any atom is 0.227 e. The van der Waals surface area contributed by atoms with Crippen molar-refractivity contribution in [3.05, 3.63) is 54.1 Å². The van der Waals surface area contributed by atoms with E-state index in [0.29, 0.717) is 12.5 Å². The number of hydrogen-bond acceptors (Lipinski definition) is 5. The van der Waals surface area contributed by atoms with E-state index in [9.17, 15) is 5.11 Å². The Hall–Kier alpha value is -2.21. The summed E-state index contributed by atoms with van der Waals surface area (Å²) in [6.45, 7) is 0.461. The predicted molar refractivity (Wildman–Crippen MR) is 91.2 cm³/mol. The van der Waals surface area contributed by atoms with Gasteiger partial charge in [0.1, 0.15) is 5.52 Å². The first kappa shape index (κ1) is 15.3. The SMILES string of the molecule is N[C@@H]1CC[C@@H](OCc2ccc(-c3nc4ccccc4o3)cc2)[C@H]1O. The van der Waals surface area contributed by atoms with Gasteiger partial charge in [-0.1, -0.05) is 24.3 Å². The number of para-hydroxylation sites is 2. The molecule has 0 radical (unpaired) electrons. The van der Waals surface area contributed by atoms with Gasteiger partial charge in [0.15, 0.2) is 5.58 Å². The fourth-order valence-electron chi connectivity index (χ4n) is 3.10. The third-order valence-corrected chi connectivity index (χ3v) is 4.56. The van der Waals surface area contributed by atoms with Gasteiger partial charge in [-0.25, -0.2) is 4.98 Å². The molecule has 0 saturated heterocycles. The second kappa shape index (κ2) is 6.36. The zero-order chi connectivity index (χ0) is 16.5. The minimum atomic E-state index is -0.566. The molecule has 2 aromatic carbocycles. The second-order valence-electron chi connectivity index (χ2n) is 6.26. The molecule has 0 aliphatic heterocycles. The van der Waals surface area contributed by atoms with Crippen LogP contribution in [0.5, 0.6) is 0 Å². The van der Waals surface area contributed by atoms with Gasteiger partial charge >= 0.3 is 0 Å². The van der Waals surface area contributed by atoms with Crippen LogP contribution in [0, 0.1) is 0 Å². The summed E-state index contributed by atoms with van der Waals surface area (Å²) >= 11 is 0. The first-order valence-corrected chi connectivity index (χ1v) is 8.21. The van der Waals surface area contributed by atoms with E-state index in [-0.39, 0.29) is 12.1 Å². The monoisotopic (exact) mass is 324 g/mol. The van der Waals surface area contributed by atoms with Crippen molar-refractivity contribution in [1.29, 1.82) is 0 Å².